The van der Waals surface area contributed by atoms with Crippen molar-refractivity contribution in [3.05, 3.63) is 23.4 Å². The molecule has 1 unspecified atom stereocenters. The average Bonchev–Trinajstić information content (AvgIpc) is 2.03. The Morgan fingerprint density at radius 2 is 2.33 bits per heavy atom. The summed E-state index contributed by atoms with van der Waals surface area (Å²) in [6.45, 7) is 3.83. The molecule has 0 aromatic carbocycles. The van der Waals surface area contributed by atoms with Crippen molar-refractivity contribution in [1.82, 2.24) is 10.6 Å². The van der Waals surface area contributed by atoms with Gasteiger partial charge in [0.05, 0.1) is 5.57 Å². The molecule has 0 aliphatic carbocycles. The van der Waals surface area contributed by atoms with E-state index < -0.39 is 0 Å². The second-order valence-electron chi connectivity index (χ2n) is 2.91. The number of hydrogen-bond acceptors (Lipinski definition) is 2. The van der Waals surface area contributed by atoms with Gasteiger partial charge in [-0.2, -0.15) is 0 Å². The lowest BCUT2D eigenvalue weighted by atomic mass is 10.1. The molecule has 1 rings (SSSR count). The number of hydrogen-bond donors (Lipinski definition) is 2. The highest BCUT2D eigenvalue weighted by Gasteiger charge is 2.15. The topological polar surface area (TPSA) is 41.1 Å². The van der Waals surface area contributed by atoms with E-state index in [1.54, 1.807) is 0 Å². The van der Waals surface area contributed by atoms with Crippen molar-refractivity contribution >= 4 is 5.91 Å². The van der Waals surface area contributed by atoms with Crippen LogP contribution in [-0.4, -0.2) is 19.0 Å². The third-order valence-corrected chi connectivity index (χ3v) is 1.93. The van der Waals surface area contributed by atoms with Crippen molar-refractivity contribution in [2.24, 2.45) is 0 Å². The second kappa shape index (κ2) is 3.43. The summed E-state index contributed by atoms with van der Waals surface area (Å²) in [6, 6.07) is 0.144. The molecule has 0 aromatic rings. The van der Waals surface area contributed by atoms with E-state index in [1.807, 2.05) is 33.0 Å². The molecule has 0 saturated carbocycles. The molecule has 66 valence electrons. The normalized spacial score (nSPS) is 26.6. The van der Waals surface area contributed by atoms with Gasteiger partial charge in [-0.05, 0) is 19.9 Å². The van der Waals surface area contributed by atoms with Crippen LogP contribution >= 0.6 is 0 Å². The Morgan fingerprint density at radius 1 is 1.67 bits per heavy atom. The highest BCUT2D eigenvalue weighted by molar-refractivity contribution is 5.98. The fourth-order valence-electron chi connectivity index (χ4n) is 1.08. The van der Waals surface area contributed by atoms with E-state index in [1.165, 1.54) is 0 Å². The number of rotatable bonds is 1. The lowest BCUT2D eigenvalue weighted by Gasteiger charge is -2.17. The van der Waals surface area contributed by atoms with Crippen LogP contribution in [0, 0.1) is 0 Å². The zero-order valence-corrected chi connectivity index (χ0v) is 7.64. The maximum Gasteiger partial charge on any atom is 0.253 e. The molecule has 0 radical (unpaired) electrons. The predicted octanol–water partition coefficient (Wildman–Crippen LogP) is 0.554. The van der Waals surface area contributed by atoms with E-state index in [-0.39, 0.29) is 11.9 Å². The fraction of sp³-hybridized carbons (Fsp3) is 0.444. The van der Waals surface area contributed by atoms with Crippen LogP contribution in [0.3, 0.4) is 0 Å². The lowest BCUT2D eigenvalue weighted by molar-refractivity contribution is -0.117. The molecule has 0 spiro atoms. The highest BCUT2D eigenvalue weighted by atomic mass is 16.1. The quantitative estimate of drug-likeness (QED) is 0.559. The Bertz CT molecular complexity index is 253. The average molecular weight is 166 g/mol. The van der Waals surface area contributed by atoms with E-state index >= 15 is 0 Å². The Labute approximate surface area is 72.5 Å². The molecule has 3 nitrogen and oxygen atoms in total. The van der Waals surface area contributed by atoms with Gasteiger partial charge in [0.2, 0.25) is 0 Å². The molecular weight excluding hydrogens is 152 g/mol. The van der Waals surface area contributed by atoms with Crippen LogP contribution in [0.5, 0.6) is 0 Å². The standard InChI is InChI=1S/C9H14N2O/c1-6-4-5-8(7(2)10-3)9(12)11-6/h4-6,10H,1-3H3,(H,11,12)/b8-7-. The van der Waals surface area contributed by atoms with Crippen molar-refractivity contribution < 1.29 is 4.79 Å². The van der Waals surface area contributed by atoms with E-state index in [0.717, 1.165) is 11.3 Å². The highest BCUT2D eigenvalue weighted by Crippen LogP contribution is 2.08. The van der Waals surface area contributed by atoms with E-state index in [0.29, 0.717) is 0 Å². The van der Waals surface area contributed by atoms with Gasteiger partial charge in [0.15, 0.2) is 0 Å². The lowest BCUT2D eigenvalue weighted by Crippen LogP contribution is -2.36. The molecule has 0 bridgehead atoms. The van der Waals surface area contributed by atoms with Crippen molar-refractivity contribution in [3.8, 4) is 0 Å². The minimum atomic E-state index is -0.00292. The summed E-state index contributed by atoms with van der Waals surface area (Å²) in [5, 5.41) is 5.77. The van der Waals surface area contributed by atoms with Gasteiger partial charge in [-0.1, -0.05) is 6.08 Å². The monoisotopic (exact) mass is 166 g/mol. The third kappa shape index (κ3) is 1.67. The first-order valence-electron chi connectivity index (χ1n) is 4.03. The van der Waals surface area contributed by atoms with Crippen LogP contribution in [0.4, 0.5) is 0 Å². The molecule has 1 heterocycles. The number of carbonyl (C=O) groups is 1. The molecule has 0 saturated heterocycles. The molecule has 0 aromatic heterocycles. The van der Waals surface area contributed by atoms with Crippen molar-refractivity contribution in [3.63, 3.8) is 0 Å². The summed E-state index contributed by atoms with van der Waals surface area (Å²) in [6.07, 6.45) is 3.83. The summed E-state index contributed by atoms with van der Waals surface area (Å²) < 4.78 is 0. The molecule has 1 aliphatic rings. The first-order chi connectivity index (χ1) is 5.65. The number of allylic oxidation sites excluding steroid dienone is 1. The molecule has 3 heteroatoms. The summed E-state index contributed by atoms with van der Waals surface area (Å²) in [5.74, 6) is -0.00292. The SMILES string of the molecule is CN/C(C)=C1/C=CC(C)NC1=O. The zero-order valence-electron chi connectivity index (χ0n) is 7.64. The van der Waals surface area contributed by atoms with Crippen LogP contribution in [-0.2, 0) is 4.79 Å². The minimum Gasteiger partial charge on any atom is -0.391 e. The Morgan fingerprint density at radius 3 is 2.83 bits per heavy atom. The van der Waals surface area contributed by atoms with E-state index in [2.05, 4.69) is 10.6 Å². The van der Waals surface area contributed by atoms with Gasteiger partial charge in [0, 0.05) is 18.8 Å². The fourth-order valence-corrected chi connectivity index (χ4v) is 1.08. The number of amides is 1. The first kappa shape index (κ1) is 8.84. The maximum atomic E-state index is 11.3. The maximum absolute atomic E-state index is 11.3. The van der Waals surface area contributed by atoms with Gasteiger partial charge in [-0.15, -0.1) is 0 Å². The summed E-state index contributed by atoms with van der Waals surface area (Å²) >= 11 is 0. The van der Waals surface area contributed by atoms with Gasteiger partial charge in [0.1, 0.15) is 0 Å². The van der Waals surface area contributed by atoms with Crippen LogP contribution < -0.4 is 10.6 Å². The molecule has 12 heavy (non-hydrogen) atoms. The van der Waals surface area contributed by atoms with Gasteiger partial charge < -0.3 is 10.6 Å². The van der Waals surface area contributed by atoms with E-state index in [4.69, 9.17) is 0 Å². The predicted molar refractivity (Wildman–Crippen MR) is 48.5 cm³/mol. The largest absolute Gasteiger partial charge is 0.391 e. The first-order valence-corrected chi connectivity index (χ1v) is 4.03. The van der Waals surface area contributed by atoms with Gasteiger partial charge >= 0.3 is 0 Å². The van der Waals surface area contributed by atoms with Crippen LogP contribution in [0.2, 0.25) is 0 Å². The Balaban J connectivity index is 2.94. The molecular formula is C9H14N2O. The van der Waals surface area contributed by atoms with Crippen LogP contribution in [0.15, 0.2) is 23.4 Å². The van der Waals surface area contributed by atoms with E-state index in [9.17, 15) is 4.79 Å². The second-order valence-corrected chi connectivity index (χ2v) is 2.91. The minimum absolute atomic E-state index is 0.00292. The molecule has 1 amide bonds. The van der Waals surface area contributed by atoms with Gasteiger partial charge in [-0.25, -0.2) is 0 Å². The van der Waals surface area contributed by atoms with Crippen LogP contribution in [0.1, 0.15) is 13.8 Å². The van der Waals surface area contributed by atoms with Crippen LogP contribution in [0.25, 0.3) is 0 Å². The summed E-state index contributed by atoms with van der Waals surface area (Å²) in [7, 11) is 1.81. The zero-order chi connectivity index (χ0) is 9.14. The van der Waals surface area contributed by atoms with Crippen molar-refractivity contribution in [1.29, 1.82) is 0 Å². The summed E-state index contributed by atoms with van der Waals surface area (Å²) in [5.41, 5.74) is 1.62. The third-order valence-electron chi connectivity index (χ3n) is 1.93. The molecule has 2 N–H and O–H groups in total. The van der Waals surface area contributed by atoms with Crippen molar-refractivity contribution in [2.75, 3.05) is 7.05 Å². The molecule has 0 fully saturated rings. The number of carbonyl (C=O) groups excluding carboxylic acids is 1. The van der Waals surface area contributed by atoms with Gasteiger partial charge in [-0.3, -0.25) is 4.79 Å². The molecule has 1 atom stereocenters. The summed E-state index contributed by atoms with van der Waals surface area (Å²) in [4.78, 5) is 11.3. The smallest absolute Gasteiger partial charge is 0.253 e. The number of nitrogens with one attached hydrogen (secondary N) is 2. The molecule has 1 aliphatic heterocycles. The Hall–Kier alpha value is -1.25. The van der Waals surface area contributed by atoms with Gasteiger partial charge in [0.25, 0.3) is 5.91 Å². The van der Waals surface area contributed by atoms with Crippen molar-refractivity contribution in [2.45, 2.75) is 19.9 Å². The Kier molecular flexibility index (Phi) is 2.53.